The van der Waals surface area contributed by atoms with Crippen LogP contribution in [0.5, 0.6) is 0 Å². The molecular formula is C10H16N4O5S. The minimum absolute atomic E-state index is 0.141. The fourth-order valence-corrected chi connectivity index (χ4v) is 3.01. The van der Waals surface area contributed by atoms with Gasteiger partial charge in [0.05, 0.1) is 17.2 Å². The molecule has 10 heteroatoms. The average molecular weight is 304 g/mol. The maximum atomic E-state index is 12.2. The van der Waals surface area contributed by atoms with Crippen LogP contribution >= 0.6 is 0 Å². The van der Waals surface area contributed by atoms with Crippen molar-refractivity contribution >= 4 is 21.4 Å². The number of sulfonamides is 1. The number of methoxy groups -OCH3 is 1. The lowest BCUT2D eigenvalue weighted by atomic mass is 10.3. The summed E-state index contributed by atoms with van der Waals surface area (Å²) in [7, 11) is -2.63. The number of anilines is 1. The third-order valence-corrected chi connectivity index (χ3v) is 4.00. The molecule has 1 atom stereocenters. The smallest absolute Gasteiger partial charge is 0.289 e. The average Bonchev–Trinajstić information content (AvgIpc) is 2.37. The van der Waals surface area contributed by atoms with Crippen LogP contribution in [-0.2, 0) is 14.8 Å². The SMILES string of the molecule is COCC(C)NS(=O)(=O)c1cc(NN)ccc1[N+](=O)[O-]. The number of nitrogens with two attached hydrogens (primary N) is 1. The third kappa shape index (κ3) is 3.87. The van der Waals surface area contributed by atoms with Gasteiger partial charge in [0.1, 0.15) is 0 Å². The molecule has 9 nitrogen and oxygen atoms in total. The number of nitrogens with one attached hydrogen (secondary N) is 2. The van der Waals surface area contributed by atoms with Gasteiger partial charge in [-0.3, -0.25) is 16.0 Å². The third-order valence-electron chi connectivity index (χ3n) is 2.39. The van der Waals surface area contributed by atoms with Crippen molar-refractivity contribution in [2.75, 3.05) is 19.1 Å². The molecule has 112 valence electrons. The molecule has 1 unspecified atom stereocenters. The van der Waals surface area contributed by atoms with E-state index in [0.29, 0.717) is 0 Å². The summed E-state index contributed by atoms with van der Waals surface area (Å²) in [6.07, 6.45) is 0. The van der Waals surface area contributed by atoms with E-state index >= 15 is 0 Å². The molecule has 4 N–H and O–H groups in total. The zero-order valence-electron chi connectivity index (χ0n) is 11.0. The van der Waals surface area contributed by atoms with Crippen molar-refractivity contribution in [3.8, 4) is 0 Å². The van der Waals surface area contributed by atoms with Crippen molar-refractivity contribution in [1.29, 1.82) is 0 Å². The van der Waals surface area contributed by atoms with Gasteiger partial charge in [0.25, 0.3) is 5.69 Å². The van der Waals surface area contributed by atoms with Gasteiger partial charge in [-0.1, -0.05) is 0 Å². The first kappa shape index (κ1) is 16.3. The monoisotopic (exact) mass is 304 g/mol. The molecule has 0 spiro atoms. The lowest BCUT2D eigenvalue weighted by Gasteiger charge is -2.14. The van der Waals surface area contributed by atoms with E-state index in [9.17, 15) is 18.5 Å². The van der Waals surface area contributed by atoms with E-state index < -0.39 is 31.6 Å². The zero-order chi connectivity index (χ0) is 15.3. The molecule has 0 fully saturated rings. The minimum atomic E-state index is -4.06. The van der Waals surface area contributed by atoms with Crippen molar-refractivity contribution in [2.45, 2.75) is 17.9 Å². The van der Waals surface area contributed by atoms with E-state index in [1.807, 2.05) is 0 Å². The number of hydrogen-bond donors (Lipinski definition) is 3. The highest BCUT2D eigenvalue weighted by atomic mass is 32.2. The quantitative estimate of drug-likeness (QED) is 0.371. The number of hydrogen-bond acceptors (Lipinski definition) is 7. The Balaban J connectivity index is 3.24. The molecule has 1 rings (SSSR count). The molecule has 0 heterocycles. The van der Waals surface area contributed by atoms with Crippen LogP contribution in [0.25, 0.3) is 0 Å². The summed E-state index contributed by atoms with van der Waals surface area (Å²) in [5, 5.41) is 10.9. The first-order valence-corrected chi connectivity index (χ1v) is 7.06. The first-order valence-electron chi connectivity index (χ1n) is 5.58. The predicted octanol–water partition coefficient (Wildman–Crippen LogP) is 0.194. The van der Waals surface area contributed by atoms with E-state index in [4.69, 9.17) is 10.6 Å². The second-order valence-electron chi connectivity index (χ2n) is 4.06. The summed E-state index contributed by atoms with van der Waals surface area (Å²) < 4.78 is 31.5. The van der Waals surface area contributed by atoms with Gasteiger partial charge < -0.3 is 10.2 Å². The van der Waals surface area contributed by atoms with Gasteiger partial charge in [-0.2, -0.15) is 0 Å². The number of hydrazine groups is 1. The Hall–Kier alpha value is -1.75. The molecule has 0 aliphatic heterocycles. The molecule has 0 aliphatic rings. The van der Waals surface area contributed by atoms with Crippen molar-refractivity contribution < 1.29 is 18.1 Å². The van der Waals surface area contributed by atoms with Gasteiger partial charge in [-0.25, -0.2) is 13.1 Å². The fourth-order valence-electron chi connectivity index (χ4n) is 1.58. The van der Waals surface area contributed by atoms with E-state index in [1.165, 1.54) is 13.2 Å². The molecule has 1 aromatic carbocycles. The Morgan fingerprint density at radius 3 is 2.65 bits per heavy atom. The number of rotatable bonds is 7. The maximum absolute atomic E-state index is 12.2. The summed E-state index contributed by atoms with van der Waals surface area (Å²) >= 11 is 0. The topological polar surface area (TPSA) is 137 Å². The second-order valence-corrected chi connectivity index (χ2v) is 5.74. The molecule has 0 saturated heterocycles. The molecule has 0 amide bonds. The highest BCUT2D eigenvalue weighted by molar-refractivity contribution is 7.89. The Kier molecular flexibility index (Phi) is 5.39. The van der Waals surface area contributed by atoms with E-state index in [-0.39, 0.29) is 12.3 Å². The van der Waals surface area contributed by atoms with Gasteiger partial charge in [-0.05, 0) is 19.1 Å². The van der Waals surface area contributed by atoms with Crippen LogP contribution in [0.2, 0.25) is 0 Å². The zero-order valence-corrected chi connectivity index (χ0v) is 11.8. The van der Waals surface area contributed by atoms with Crippen LogP contribution in [0.1, 0.15) is 6.92 Å². The maximum Gasteiger partial charge on any atom is 0.289 e. The van der Waals surface area contributed by atoms with E-state index in [2.05, 4.69) is 10.1 Å². The molecule has 0 aromatic heterocycles. The summed E-state index contributed by atoms with van der Waals surface area (Å²) in [4.78, 5) is 9.69. The molecule has 20 heavy (non-hydrogen) atoms. The summed E-state index contributed by atoms with van der Waals surface area (Å²) in [5.74, 6) is 5.18. The van der Waals surface area contributed by atoms with E-state index in [0.717, 1.165) is 12.1 Å². The molecule has 0 saturated carbocycles. The number of nitrogens with zero attached hydrogens (tertiary/aromatic N) is 1. The lowest BCUT2D eigenvalue weighted by Crippen LogP contribution is -2.35. The minimum Gasteiger partial charge on any atom is -0.383 e. The molecule has 0 radical (unpaired) electrons. The Morgan fingerprint density at radius 1 is 1.50 bits per heavy atom. The number of nitro groups is 1. The lowest BCUT2D eigenvalue weighted by molar-refractivity contribution is -0.387. The van der Waals surface area contributed by atoms with Crippen LogP contribution in [-0.4, -0.2) is 33.1 Å². The van der Waals surface area contributed by atoms with Gasteiger partial charge >= 0.3 is 0 Å². The molecular weight excluding hydrogens is 288 g/mol. The standard InChI is InChI=1S/C10H16N4O5S/c1-7(6-19-2)13-20(17,18)10-5-8(12-11)3-4-9(10)14(15)16/h3-5,7,12-13H,6,11H2,1-2H3. The number of benzene rings is 1. The second kappa shape index (κ2) is 6.61. The van der Waals surface area contributed by atoms with Crippen molar-refractivity contribution in [1.82, 2.24) is 4.72 Å². The fraction of sp³-hybridized carbons (Fsp3) is 0.400. The van der Waals surface area contributed by atoms with Crippen LogP contribution in [0, 0.1) is 10.1 Å². The van der Waals surface area contributed by atoms with Crippen molar-refractivity contribution in [3.63, 3.8) is 0 Å². The summed E-state index contributed by atoms with van der Waals surface area (Å²) in [5.41, 5.74) is 1.96. The normalized spacial score (nSPS) is 12.9. The molecule has 0 bridgehead atoms. The highest BCUT2D eigenvalue weighted by Gasteiger charge is 2.27. The highest BCUT2D eigenvalue weighted by Crippen LogP contribution is 2.26. The predicted molar refractivity (Wildman–Crippen MR) is 72.6 cm³/mol. The Bertz CT molecular complexity index is 589. The van der Waals surface area contributed by atoms with Crippen LogP contribution in [0.4, 0.5) is 11.4 Å². The van der Waals surface area contributed by atoms with Gasteiger partial charge in [-0.15, -0.1) is 0 Å². The van der Waals surface area contributed by atoms with Crippen LogP contribution in [0.15, 0.2) is 23.1 Å². The van der Waals surface area contributed by atoms with Gasteiger partial charge in [0.15, 0.2) is 4.90 Å². The number of nitrogen functional groups attached to an aromatic ring is 1. The van der Waals surface area contributed by atoms with Crippen LogP contribution < -0.4 is 16.0 Å². The van der Waals surface area contributed by atoms with Crippen LogP contribution in [0.3, 0.4) is 0 Å². The summed E-state index contributed by atoms with van der Waals surface area (Å²) in [6.45, 7) is 1.72. The molecule has 1 aromatic rings. The van der Waals surface area contributed by atoms with Gasteiger partial charge in [0, 0.05) is 19.2 Å². The van der Waals surface area contributed by atoms with E-state index in [1.54, 1.807) is 6.92 Å². The Morgan fingerprint density at radius 2 is 2.15 bits per heavy atom. The van der Waals surface area contributed by atoms with Gasteiger partial charge in [0.2, 0.25) is 10.0 Å². The first-order chi connectivity index (χ1) is 9.31. The number of ether oxygens (including phenoxy) is 1. The van der Waals surface area contributed by atoms with Crippen molar-refractivity contribution in [3.05, 3.63) is 28.3 Å². The Labute approximate surface area is 116 Å². The molecule has 0 aliphatic carbocycles. The summed E-state index contributed by atoms with van der Waals surface area (Å²) in [6, 6.07) is 2.96. The number of nitro benzene ring substituents is 1. The van der Waals surface area contributed by atoms with Crippen molar-refractivity contribution in [2.24, 2.45) is 5.84 Å². The largest absolute Gasteiger partial charge is 0.383 e.